The maximum Gasteiger partial charge on any atom is 0.119 e. The fourth-order valence-corrected chi connectivity index (χ4v) is 1.53. The zero-order valence-corrected chi connectivity index (χ0v) is 10.4. The molecule has 0 aromatic heterocycles. The van der Waals surface area contributed by atoms with Gasteiger partial charge in [0.2, 0.25) is 0 Å². The highest BCUT2D eigenvalue weighted by Gasteiger charge is 1.96. The second-order valence-electron chi connectivity index (χ2n) is 3.74. The molecule has 0 saturated heterocycles. The van der Waals surface area contributed by atoms with Crippen LogP contribution in [-0.2, 0) is 0 Å². The summed E-state index contributed by atoms with van der Waals surface area (Å²) in [6.45, 7) is 5.88. The number of rotatable bonds is 6. The normalized spacial score (nSPS) is 11.6. The van der Waals surface area contributed by atoms with E-state index in [2.05, 4.69) is 30.4 Å². The minimum Gasteiger partial charge on any atom is -0.494 e. The number of benzene rings is 1. The van der Waals surface area contributed by atoms with Gasteiger partial charge in [-0.1, -0.05) is 18.2 Å². The Morgan fingerprint density at radius 1 is 1.31 bits per heavy atom. The van der Waals surface area contributed by atoms with Crippen LogP contribution in [0.15, 0.2) is 30.3 Å². The van der Waals surface area contributed by atoms with Gasteiger partial charge in [-0.2, -0.15) is 0 Å². The molecular formula is C14H21NO. The van der Waals surface area contributed by atoms with E-state index < -0.39 is 0 Å². The Balaban J connectivity index is 2.62. The average molecular weight is 219 g/mol. The molecule has 1 aromatic rings. The Bertz CT molecular complexity index is 327. The molecular weight excluding hydrogens is 198 g/mol. The number of hydrogen-bond donors (Lipinski definition) is 1. The molecule has 2 nitrogen and oxygen atoms in total. The van der Waals surface area contributed by atoms with Crippen molar-refractivity contribution in [3.05, 3.63) is 35.9 Å². The third-order valence-electron chi connectivity index (χ3n) is 2.47. The van der Waals surface area contributed by atoms with Crippen LogP contribution >= 0.6 is 0 Å². The van der Waals surface area contributed by atoms with E-state index in [1.165, 1.54) is 11.1 Å². The third kappa shape index (κ3) is 4.07. The van der Waals surface area contributed by atoms with Gasteiger partial charge in [-0.3, -0.25) is 0 Å². The zero-order chi connectivity index (χ0) is 11.8. The second kappa shape index (κ2) is 7.07. The molecule has 0 radical (unpaired) electrons. The van der Waals surface area contributed by atoms with Crippen molar-refractivity contribution in [1.82, 2.24) is 5.32 Å². The van der Waals surface area contributed by atoms with Gasteiger partial charge in [0.25, 0.3) is 0 Å². The Kier molecular flexibility index (Phi) is 5.65. The van der Waals surface area contributed by atoms with Crippen LogP contribution in [0.1, 0.15) is 25.8 Å². The molecule has 1 N–H and O–H groups in total. The first-order valence-electron chi connectivity index (χ1n) is 5.82. The van der Waals surface area contributed by atoms with Crippen molar-refractivity contribution in [2.24, 2.45) is 0 Å². The van der Waals surface area contributed by atoms with E-state index in [9.17, 15) is 0 Å². The predicted molar refractivity (Wildman–Crippen MR) is 69.8 cm³/mol. The third-order valence-corrected chi connectivity index (χ3v) is 2.47. The van der Waals surface area contributed by atoms with Crippen LogP contribution in [0.2, 0.25) is 0 Å². The quantitative estimate of drug-likeness (QED) is 0.742. The van der Waals surface area contributed by atoms with Gasteiger partial charge in [-0.15, -0.1) is 0 Å². The molecule has 0 heterocycles. The molecule has 2 heteroatoms. The molecule has 0 spiro atoms. The van der Waals surface area contributed by atoms with Crippen molar-refractivity contribution < 1.29 is 4.74 Å². The standard InChI is InChI=1S/C14H21NO/c1-4-16-14-9-7-13(8-10-14)12(2)6-5-11-15-3/h6-10,15H,4-5,11H2,1-3H3. The van der Waals surface area contributed by atoms with Gasteiger partial charge in [-0.25, -0.2) is 0 Å². The zero-order valence-electron chi connectivity index (χ0n) is 10.4. The second-order valence-corrected chi connectivity index (χ2v) is 3.74. The molecule has 0 aliphatic heterocycles. The number of ether oxygens (including phenoxy) is 1. The van der Waals surface area contributed by atoms with Gasteiger partial charge in [0.15, 0.2) is 0 Å². The highest BCUT2D eigenvalue weighted by atomic mass is 16.5. The molecule has 0 bridgehead atoms. The van der Waals surface area contributed by atoms with Crippen molar-refractivity contribution >= 4 is 5.57 Å². The van der Waals surface area contributed by atoms with Crippen LogP contribution in [0.3, 0.4) is 0 Å². The maximum atomic E-state index is 5.41. The molecule has 0 amide bonds. The summed E-state index contributed by atoms with van der Waals surface area (Å²) in [5, 5.41) is 3.14. The molecule has 88 valence electrons. The van der Waals surface area contributed by atoms with E-state index in [1.54, 1.807) is 0 Å². The van der Waals surface area contributed by atoms with Crippen LogP contribution < -0.4 is 10.1 Å². The van der Waals surface area contributed by atoms with E-state index >= 15 is 0 Å². The van der Waals surface area contributed by atoms with Crippen molar-refractivity contribution in [1.29, 1.82) is 0 Å². The minimum atomic E-state index is 0.719. The largest absolute Gasteiger partial charge is 0.494 e. The first-order chi connectivity index (χ1) is 7.77. The lowest BCUT2D eigenvalue weighted by Gasteiger charge is -2.05. The minimum absolute atomic E-state index is 0.719. The van der Waals surface area contributed by atoms with Crippen LogP contribution in [0.4, 0.5) is 0 Å². The van der Waals surface area contributed by atoms with Gasteiger partial charge in [0.05, 0.1) is 6.61 Å². The monoisotopic (exact) mass is 219 g/mol. The number of hydrogen-bond acceptors (Lipinski definition) is 2. The lowest BCUT2D eigenvalue weighted by molar-refractivity contribution is 0.340. The van der Waals surface area contributed by atoms with Gasteiger partial charge in [0, 0.05) is 0 Å². The smallest absolute Gasteiger partial charge is 0.119 e. The molecule has 16 heavy (non-hydrogen) atoms. The van der Waals surface area contributed by atoms with E-state index in [0.29, 0.717) is 0 Å². The SMILES string of the molecule is CCOc1ccc(C(C)=CCCNC)cc1. The first-order valence-corrected chi connectivity index (χ1v) is 5.82. The van der Waals surface area contributed by atoms with Gasteiger partial charge in [-0.05, 0) is 57.1 Å². The van der Waals surface area contributed by atoms with Gasteiger partial charge < -0.3 is 10.1 Å². The Labute approximate surface area is 98.3 Å². The molecule has 0 aliphatic carbocycles. The van der Waals surface area contributed by atoms with E-state index in [1.807, 2.05) is 26.1 Å². The van der Waals surface area contributed by atoms with E-state index in [4.69, 9.17) is 4.74 Å². The summed E-state index contributed by atoms with van der Waals surface area (Å²) in [4.78, 5) is 0. The first kappa shape index (κ1) is 12.8. The van der Waals surface area contributed by atoms with Crippen LogP contribution in [-0.4, -0.2) is 20.2 Å². The summed E-state index contributed by atoms with van der Waals surface area (Å²) in [5.74, 6) is 0.939. The number of allylic oxidation sites excluding steroid dienone is 1. The highest BCUT2D eigenvalue weighted by molar-refractivity contribution is 5.64. The van der Waals surface area contributed by atoms with Crippen LogP contribution in [0.25, 0.3) is 5.57 Å². The van der Waals surface area contributed by atoms with Crippen LogP contribution in [0, 0.1) is 0 Å². The fourth-order valence-electron chi connectivity index (χ4n) is 1.53. The molecule has 0 unspecified atom stereocenters. The summed E-state index contributed by atoms with van der Waals surface area (Å²) in [5.41, 5.74) is 2.58. The molecule has 1 aromatic carbocycles. The van der Waals surface area contributed by atoms with E-state index in [-0.39, 0.29) is 0 Å². The maximum absolute atomic E-state index is 5.41. The molecule has 1 rings (SSSR count). The van der Waals surface area contributed by atoms with Crippen molar-refractivity contribution in [2.75, 3.05) is 20.2 Å². The molecule has 0 fully saturated rings. The van der Waals surface area contributed by atoms with Gasteiger partial charge >= 0.3 is 0 Å². The van der Waals surface area contributed by atoms with Crippen molar-refractivity contribution in [3.8, 4) is 5.75 Å². The molecule has 0 saturated carbocycles. The van der Waals surface area contributed by atoms with Gasteiger partial charge in [0.1, 0.15) is 5.75 Å². The lowest BCUT2D eigenvalue weighted by atomic mass is 10.1. The van der Waals surface area contributed by atoms with Crippen molar-refractivity contribution in [3.63, 3.8) is 0 Å². The molecule has 0 atom stereocenters. The molecule has 0 aliphatic rings. The van der Waals surface area contributed by atoms with Crippen LogP contribution in [0.5, 0.6) is 5.75 Å². The van der Waals surface area contributed by atoms with E-state index in [0.717, 1.165) is 25.3 Å². The highest BCUT2D eigenvalue weighted by Crippen LogP contribution is 2.18. The lowest BCUT2D eigenvalue weighted by Crippen LogP contribution is -2.05. The Hall–Kier alpha value is -1.28. The average Bonchev–Trinajstić information content (AvgIpc) is 2.30. The summed E-state index contributed by atoms with van der Waals surface area (Å²) < 4.78 is 5.41. The van der Waals surface area contributed by atoms with Crippen molar-refractivity contribution in [2.45, 2.75) is 20.3 Å². The topological polar surface area (TPSA) is 21.3 Å². The summed E-state index contributed by atoms with van der Waals surface area (Å²) in [7, 11) is 1.97. The fraction of sp³-hybridized carbons (Fsp3) is 0.429. The summed E-state index contributed by atoms with van der Waals surface area (Å²) in [6.07, 6.45) is 3.32. The summed E-state index contributed by atoms with van der Waals surface area (Å²) in [6, 6.07) is 8.26. The predicted octanol–water partition coefficient (Wildman–Crippen LogP) is 3.10. The number of nitrogens with one attached hydrogen (secondary N) is 1. The summed E-state index contributed by atoms with van der Waals surface area (Å²) >= 11 is 0. The Morgan fingerprint density at radius 2 is 2.00 bits per heavy atom. The Morgan fingerprint density at radius 3 is 2.56 bits per heavy atom.